The summed E-state index contributed by atoms with van der Waals surface area (Å²) >= 11 is 0. The van der Waals surface area contributed by atoms with Gasteiger partial charge in [0.25, 0.3) is 5.56 Å². The zero-order valence-corrected chi connectivity index (χ0v) is 14.1. The lowest BCUT2D eigenvalue weighted by Crippen LogP contribution is -2.40. The molecule has 1 aromatic rings. The summed E-state index contributed by atoms with van der Waals surface area (Å²) in [6.45, 7) is 2.35. The second-order valence-electron chi connectivity index (χ2n) is 6.21. The molecule has 3 N–H and O–H groups in total. The molecule has 136 valence electrons. The first-order chi connectivity index (χ1) is 11.3. The largest absolute Gasteiger partial charge is 0.394 e. The van der Waals surface area contributed by atoms with E-state index >= 15 is 0 Å². The second-order valence-corrected chi connectivity index (χ2v) is 6.21. The summed E-state index contributed by atoms with van der Waals surface area (Å²) in [6, 6.07) is 0. The molecule has 1 aliphatic heterocycles. The van der Waals surface area contributed by atoms with Gasteiger partial charge < -0.3 is 24.6 Å². The SMILES string of the molecule is Cc1cn([C@@H]2O[C@H](CO)[C@@H](O)[C@H]2OCCCN(C)C)c(=O)[nH]c1=O. The van der Waals surface area contributed by atoms with Crippen molar-refractivity contribution in [2.45, 2.75) is 37.9 Å². The number of hydrogen-bond acceptors (Lipinski definition) is 7. The molecular formula is C15H25N3O6. The maximum Gasteiger partial charge on any atom is 0.330 e. The summed E-state index contributed by atoms with van der Waals surface area (Å²) in [4.78, 5) is 27.8. The van der Waals surface area contributed by atoms with Crippen molar-refractivity contribution >= 4 is 0 Å². The Morgan fingerprint density at radius 3 is 2.75 bits per heavy atom. The molecule has 1 aromatic heterocycles. The van der Waals surface area contributed by atoms with Gasteiger partial charge in [-0.15, -0.1) is 0 Å². The van der Waals surface area contributed by atoms with Crippen molar-refractivity contribution in [2.24, 2.45) is 0 Å². The molecule has 4 atom stereocenters. The highest BCUT2D eigenvalue weighted by Gasteiger charge is 2.45. The third-order valence-corrected chi connectivity index (χ3v) is 3.97. The van der Waals surface area contributed by atoms with Crippen LogP contribution in [0.2, 0.25) is 0 Å². The van der Waals surface area contributed by atoms with E-state index < -0.39 is 42.4 Å². The Kier molecular flexibility index (Phi) is 6.30. The van der Waals surface area contributed by atoms with Crippen LogP contribution < -0.4 is 11.2 Å². The number of aryl methyl sites for hydroxylation is 1. The molecule has 0 aromatic carbocycles. The second kappa shape index (κ2) is 8.04. The maximum absolute atomic E-state index is 12.1. The topological polar surface area (TPSA) is 117 Å². The summed E-state index contributed by atoms with van der Waals surface area (Å²) in [6.07, 6.45) is -1.54. The van der Waals surface area contributed by atoms with Crippen molar-refractivity contribution in [3.63, 3.8) is 0 Å². The zero-order valence-electron chi connectivity index (χ0n) is 14.1. The van der Waals surface area contributed by atoms with Gasteiger partial charge in [0.2, 0.25) is 0 Å². The Labute approximate surface area is 139 Å². The number of aliphatic hydroxyl groups is 2. The van der Waals surface area contributed by atoms with Gasteiger partial charge in [-0.25, -0.2) is 4.79 Å². The fraction of sp³-hybridized carbons (Fsp3) is 0.733. The number of aliphatic hydroxyl groups excluding tert-OH is 2. The van der Waals surface area contributed by atoms with Crippen LogP contribution in [0.15, 0.2) is 15.8 Å². The van der Waals surface area contributed by atoms with Crippen molar-refractivity contribution in [1.29, 1.82) is 0 Å². The van der Waals surface area contributed by atoms with Gasteiger partial charge in [-0.05, 0) is 34.0 Å². The van der Waals surface area contributed by atoms with Gasteiger partial charge in [0.05, 0.1) is 6.61 Å². The average molecular weight is 343 g/mol. The van der Waals surface area contributed by atoms with Crippen molar-refractivity contribution in [1.82, 2.24) is 14.5 Å². The van der Waals surface area contributed by atoms with Crippen LogP contribution in [-0.4, -0.2) is 76.8 Å². The van der Waals surface area contributed by atoms with E-state index in [9.17, 15) is 19.8 Å². The van der Waals surface area contributed by atoms with Crippen LogP contribution in [0.4, 0.5) is 0 Å². The van der Waals surface area contributed by atoms with Crippen LogP contribution in [0.25, 0.3) is 0 Å². The predicted molar refractivity (Wildman–Crippen MR) is 86.0 cm³/mol. The number of aromatic amines is 1. The molecule has 0 unspecified atom stereocenters. The number of rotatable bonds is 7. The molecule has 0 aliphatic carbocycles. The lowest BCUT2D eigenvalue weighted by atomic mass is 10.1. The smallest absolute Gasteiger partial charge is 0.330 e. The Hall–Kier alpha value is -1.52. The number of hydrogen-bond donors (Lipinski definition) is 3. The van der Waals surface area contributed by atoms with Gasteiger partial charge in [-0.3, -0.25) is 14.3 Å². The van der Waals surface area contributed by atoms with Crippen LogP contribution in [-0.2, 0) is 9.47 Å². The first kappa shape index (κ1) is 18.8. The lowest BCUT2D eigenvalue weighted by Gasteiger charge is -2.23. The highest BCUT2D eigenvalue weighted by molar-refractivity contribution is 5.03. The van der Waals surface area contributed by atoms with E-state index in [0.717, 1.165) is 13.0 Å². The number of H-pyrrole nitrogens is 1. The Balaban J connectivity index is 2.20. The number of nitrogens with zero attached hydrogens (tertiary/aromatic N) is 2. The number of ether oxygens (including phenoxy) is 2. The van der Waals surface area contributed by atoms with E-state index in [4.69, 9.17) is 9.47 Å². The minimum absolute atomic E-state index is 0.339. The quantitative estimate of drug-likeness (QED) is 0.512. The fourth-order valence-electron chi connectivity index (χ4n) is 2.65. The molecule has 0 spiro atoms. The molecule has 2 heterocycles. The molecule has 24 heavy (non-hydrogen) atoms. The highest BCUT2D eigenvalue weighted by Crippen LogP contribution is 2.30. The van der Waals surface area contributed by atoms with Crippen LogP contribution in [0, 0.1) is 6.92 Å². The Bertz CT molecular complexity index is 655. The van der Waals surface area contributed by atoms with Crippen molar-refractivity contribution < 1.29 is 19.7 Å². The molecule has 1 fully saturated rings. The zero-order chi connectivity index (χ0) is 17.9. The van der Waals surface area contributed by atoms with E-state index in [1.807, 2.05) is 19.0 Å². The summed E-state index contributed by atoms with van der Waals surface area (Å²) in [5, 5.41) is 19.6. The molecule has 2 rings (SSSR count). The summed E-state index contributed by atoms with van der Waals surface area (Å²) < 4.78 is 12.5. The highest BCUT2D eigenvalue weighted by atomic mass is 16.6. The van der Waals surface area contributed by atoms with E-state index in [0.29, 0.717) is 12.2 Å². The number of nitrogens with one attached hydrogen (secondary N) is 1. The monoisotopic (exact) mass is 343 g/mol. The molecule has 0 bridgehead atoms. The molecule has 9 heteroatoms. The third kappa shape index (κ3) is 4.11. The Morgan fingerprint density at radius 2 is 2.12 bits per heavy atom. The maximum atomic E-state index is 12.1. The van der Waals surface area contributed by atoms with Gasteiger partial charge in [-0.1, -0.05) is 0 Å². The van der Waals surface area contributed by atoms with Gasteiger partial charge in [0.1, 0.15) is 18.3 Å². The van der Waals surface area contributed by atoms with Gasteiger partial charge in [0.15, 0.2) is 6.23 Å². The van der Waals surface area contributed by atoms with Crippen LogP contribution in [0.5, 0.6) is 0 Å². The van der Waals surface area contributed by atoms with Crippen molar-refractivity contribution in [3.05, 3.63) is 32.6 Å². The molecule has 0 saturated carbocycles. The third-order valence-electron chi connectivity index (χ3n) is 3.97. The van der Waals surface area contributed by atoms with Crippen LogP contribution in [0.1, 0.15) is 18.2 Å². The summed E-state index contributed by atoms with van der Waals surface area (Å²) in [5.41, 5.74) is -0.785. The van der Waals surface area contributed by atoms with Crippen molar-refractivity contribution in [2.75, 3.05) is 33.9 Å². The lowest BCUT2D eigenvalue weighted by molar-refractivity contribution is -0.0752. The van der Waals surface area contributed by atoms with Crippen molar-refractivity contribution in [3.8, 4) is 0 Å². The van der Waals surface area contributed by atoms with Gasteiger partial charge in [0, 0.05) is 18.4 Å². The Morgan fingerprint density at radius 1 is 1.42 bits per heavy atom. The molecule has 0 radical (unpaired) electrons. The van der Waals surface area contributed by atoms with Gasteiger partial charge in [-0.2, -0.15) is 0 Å². The predicted octanol–water partition coefficient (Wildman–Crippen LogP) is -1.57. The van der Waals surface area contributed by atoms with Crippen LogP contribution >= 0.6 is 0 Å². The summed E-state index contributed by atoms with van der Waals surface area (Å²) in [7, 11) is 3.89. The summed E-state index contributed by atoms with van der Waals surface area (Å²) in [5.74, 6) is 0. The molecule has 1 saturated heterocycles. The first-order valence-corrected chi connectivity index (χ1v) is 7.88. The average Bonchev–Trinajstić information content (AvgIpc) is 2.83. The van der Waals surface area contributed by atoms with E-state index in [1.165, 1.54) is 10.8 Å². The molecular weight excluding hydrogens is 318 g/mol. The minimum Gasteiger partial charge on any atom is -0.394 e. The minimum atomic E-state index is -1.07. The number of aromatic nitrogens is 2. The van der Waals surface area contributed by atoms with Gasteiger partial charge >= 0.3 is 5.69 Å². The first-order valence-electron chi connectivity index (χ1n) is 7.88. The molecule has 0 amide bonds. The van der Waals surface area contributed by atoms with E-state index in [1.54, 1.807) is 6.92 Å². The van der Waals surface area contributed by atoms with E-state index in [2.05, 4.69) is 4.98 Å². The molecule has 9 nitrogen and oxygen atoms in total. The fourth-order valence-corrected chi connectivity index (χ4v) is 2.65. The van der Waals surface area contributed by atoms with E-state index in [-0.39, 0.29) is 0 Å². The standard InChI is InChI=1S/C15H25N3O6/c1-9-7-18(15(22)16-13(9)21)14-12(11(20)10(8-19)24-14)23-6-4-5-17(2)3/h7,10-12,14,19-20H,4-6,8H2,1-3H3,(H,16,21,22)/t10-,11-,12-,14-/m1/s1. The normalized spacial score (nSPS) is 27.1. The van der Waals surface area contributed by atoms with Crippen LogP contribution in [0.3, 0.4) is 0 Å². The molecule has 1 aliphatic rings.